The van der Waals surface area contributed by atoms with E-state index < -0.39 is 0 Å². The van der Waals surface area contributed by atoms with E-state index in [1.54, 1.807) is 5.57 Å². The van der Waals surface area contributed by atoms with Gasteiger partial charge in [-0.25, -0.2) is 0 Å². The zero-order valence-corrected chi connectivity index (χ0v) is 8.97. The molecule has 2 rings (SSSR count). The molecule has 0 aromatic rings. The van der Waals surface area contributed by atoms with Gasteiger partial charge in [-0.2, -0.15) is 0 Å². The Labute approximate surface area is 78.1 Å². The van der Waals surface area contributed by atoms with E-state index in [-0.39, 0.29) is 20.7 Å². The molecule has 0 amide bonds. The largest absolute Gasteiger partial charge is 0.0896 e. The second-order valence-electron chi connectivity index (χ2n) is 3.26. The van der Waals surface area contributed by atoms with Crippen LogP contribution in [-0.2, 0) is 0 Å². The van der Waals surface area contributed by atoms with Gasteiger partial charge in [-0.3, -0.25) is 0 Å². The number of fused-ring (bicyclic) bond motifs is 1. The third-order valence-corrected chi connectivity index (χ3v) is 5.58. The molecule has 1 saturated carbocycles. The number of allylic oxidation sites excluding steroid dienone is 3. The Kier molecular flexibility index (Phi) is 2.25. The topological polar surface area (TPSA) is 0 Å². The summed E-state index contributed by atoms with van der Waals surface area (Å²) in [6, 6.07) is 0. The van der Waals surface area contributed by atoms with Gasteiger partial charge in [0, 0.05) is 0 Å². The maximum atomic E-state index is 2.39. The molecular formula is C10H13I. The van der Waals surface area contributed by atoms with Gasteiger partial charge < -0.3 is 0 Å². The van der Waals surface area contributed by atoms with Crippen LogP contribution in [0.1, 0.15) is 26.2 Å². The summed E-state index contributed by atoms with van der Waals surface area (Å²) < 4.78 is 4.21. The van der Waals surface area contributed by atoms with Crippen molar-refractivity contribution in [3.8, 4) is 0 Å². The number of hydrogen-bond acceptors (Lipinski definition) is 0. The molecule has 0 N–H and O–H groups in total. The highest BCUT2D eigenvalue weighted by molar-refractivity contribution is 14.2. The second kappa shape index (κ2) is 3.21. The molecule has 60 valence electrons. The SMILES string of the molecule is CC1CCCC2=CC=CI=C21. The van der Waals surface area contributed by atoms with Gasteiger partial charge >= 0.3 is 0 Å². The quantitative estimate of drug-likeness (QED) is 0.585. The molecule has 1 aliphatic heterocycles. The molecule has 0 aromatic heterocycles. The number of hydrogen-bond donors (Lipinski definition) is 0. The minimum absolute atomic E-state index is 0.281. The van der Waals surface area contributed by atoms with Gasteiger partial charge in [0.05, 0.1) is 0 Å². The van der Waals surface area contributed by atoms with Crippen LogP contribution in [-0.4, -0.2) is 3.51 Å². The van der Waals surface area contributed by atoms with Crippen LogP contribution in [0.2, 0.25) is 0 Å². The highest BCUT2D eigenvalue weighted by Gasteiger charge is 2.19. The van der Waals surface area contributed by atoms with Crippen LogP contribution in [0.5, 0.6) is 0 Å². The monoisotopic (exact) mass is 260 g/mol. The van der Waals surface area contributed by atoms with Crippen LogP contribution in [0.25, 0.3) is 0 Å². The van der Waals surface area contributed by atoms with Crippen molar-refractivity contribution in [2.24, 2.45) is 5.92 Å². The van der Waals surface area contributed by atoms with Crippen LogP contribution in [0.3, 0.4) is 0 Å². The molecule has 11 heavy (non-hydrogen) atoms. The minimum Gasteiger partial charge on any atom is -0.0896 e. The lowest BCUT2D eigenvalue weighted by molar-refractivity contribution is 0.613. The van der Waals surface area contributed by atoms with Gasteiger partial charge in [0.1, 0.15) is 0 Å². The fourth-order valence-corrected chi connectivity index (χ4v) is 4.34. The molecule has 0 bridgehead atoms. The zero-order chi connectivity index (χ0) is 7.68. The first-order valence-corrected chi connectivity index (χ1v) is 6.56. The zero-order valence-electron chi connectivity index (χ0n) is 6.81. The molecule has 1 heterocycles. The molecule has 1 aliphatic carbocycles. The van der Waals surface area contributed by atoms with E-state index in [1.165, 1.54) is 19.3 Å². The molecule has 0 aromatic carbocycles. The van der Waals surface area contributed by atoms with E-state index in [9.17, 15) is 0 Å². The Balaban J connectivity index is 2.33. The van der Waals surface area contributed by atoms with Gasteiger partial charge in [0.25, 0.3) is 0 Å². The Morgan fingerprint density at radius 2 is 2.45 bits per heavy atom. The average Bonchev–Trinajstić information content (AvgIpc) is 2.06. The smallest absolute Gasteiger partial charge is 0.00866 e. The van der Waals surface area contributed by atoms with Crippen LogP contribution < -0.4 is 0 Å². The third-order valence-electron chi connectivity index (χ3n) is 2.37. The van der Waals surface area contributed by atoms with Crippen molar-refractivity contribution in [2.45, 2.75) is 26.2 Å². The molecule has 1 fully saturated rings. The van der Waals surface area contributed by atoms with Crippen molar-refractivity contribution in [3.63, 3.8) is 0 Å². The van der Waals surface area contributed by atoms with Gasteiger partial charge in [-0.15, -0.1) is 0 Å². The Morgan fingerprint density at radius 1 is 1.55 bits per heavy atom. The molecular weight excluding hydrogens is 247 g/mol. The number of rotatable bonds is 0. The van der Waals surface area contributed by atoms with E-state index in [0.29, 0.717) is 0 Å². The highest BCUT2D eigenvalue weighted by Crippen LogP contribution is 2.32. The lowest BCUT2D eigenvalue weighted by atomic mass is 9.86. The Hall–Kier alpha value is 0.0800. The standard InChI is InChI=1S/C10H13I/c1-8-4-2-5-9-6-3-7-11-10(8)9/h3,6-8H,2,4-5H2,1H3. The molecule has 1 atom stereocenters. The van der Waals surface area contributed by atoms with E-state index in [1.807, 2.05) is 3.51 Å². The first-order valence-electron chi connectivity index (χ1n) is 4.24. The number of halogens is 1. The lowest BCUT2D eigenvalue weighted by Crippen LogP contribution is -2.17. The minimum atomic E-state index is 0.281. The maximum absolute atomic E-state index is 2.39. The van der Waals surface area contributed by atoms with Crippen molar-refractivity contribution in [3.05, 3.63) is 21.8 Å². The van der Waals surface area contributed by atoms with Gasteiger partial charge in [-0.05, 0) is 38.3 Å². The Morgan fingerprint density at radius 3 is 3.27 bits per heavy atom. The first-order chi connectivity index (χ1) is 5.38. The van der Waals surface area contributed by atoms with Crippen molar-refractivity contribution >= 4 is 24.2 Å². The molecule has 0 saturated heterocycles. The summed E-state index contributed by atoms with van der Waals surface area (Å²) in [6.07, 6.45) is 8.77. The van der Waals surface area contributed by atoms with E-state index in [4.69, 9.17) is 0 Å². The predicted octanol–water partition coefficient (Wildman–Crippen LogP) is 3.40. The van der Waals surface area contributed by atoms with Crippen molar-refractivity contribution in [1.82, 2.24) is 0 Å². The summed E-state index contributed by atoms with van der Waals surface area (Å²) in [4.78, 5) is 0. The van der Waals surface area contributed by atoms with Crippen LogP contribution in [0.15, 0.2) is 21.8 Å². The average molecular weight is 260 g/mol. The molecule has 2 aliphatic rings. The lowest BCUT2D eigenvalue weighted by Gasteiger charge is -2.24. The molecule has 1 unspecified atom stereocenters. The van der Waals surface area contributed by atoms with E-state index in [2.05, 4.69) is 23.2 Å². The third kappa shape index (κ3) is 1.48. The van der Waals surface area contributed by atoms with E-state index in [0.717, 1.165) is 5.92 Å². The van der Waals surface area contributed by atoms with Gasteiger partial charge in [-0.1, -0.05) is 39.8 Å². The first kappa shape index (κ1) is 7.71. The fourth-order valence-electron chi connectivity index (χ4n) is 1.76. The summed E-state index contributed by atoms with van der Waals surface area (Å²) >= 11 is 0.281. The van der Waals surface area contributed by atoms with Gasteiger partial charge in [0.2, 0.25) is 0 Å². The summed E-state index contributed by atoms with van der Waals surface area (Å²) in [5.41, 5.74) is 1.68. The van der Waals surface area contributed by atoms with E-state index >= 15 is 0 Å². The summed E-state index contributed by atoms with van der Waals surface area (Å²) in [6.45, 7) is 2.39. The molecule has 0 nitrogen and oxygen atoms in total. The van der Waals surface area contributed by atoms with Gasteiger partial charge in [0.15, 0.2) is 0 Å². The maximum Gasteiger partial charge on any atom is -0.00866 e. The van der Waals surface area contributed by atoms with Crippen molar-refractivity contribution in [2.75, 3.05) is 0 Å². The molecule has 0 radical (unpaired) electrons. The normalized spacial score (nSPS) is 29.7. The van der Waals surface area contributed by atoms with Crippen molar-refractivity contribution in [1.29, 1.82) is 0 Å². The summed E-state index contributed by atoms with van der Waals surface area (Å²) in [7, 11) is 0. The summed E-state index contributed by atoms with van der Waals surface area (Å²) in [5.74, 6) is 0.896. The summed E-state index contributed by atoms with van der Waals surface area (Å²) in [5, 5.41) is 0. The van der Waals surface area contributed by atoms with Crippen LogP contribution in [0.4, 0.5) is 0 Å². The Bertz CT molecular complexity index is 246. The van der Waals surface area contributed by atoms with Crippen LogP contribution in [0, 0.1) is 5.92 Å². The van der Waals surface area contributed by atoms with Crippen molar-refractivity contribution < 1.29 is 0 Å². The highest BCUT2D eigenvalue weighted by atomic mass is 127. The van der Waals surface area contributed by atoms with Crippen LogP contribution >= 0.6 is 20.7 Å². The molecule has 0 spiro atoms. The second-order valence-corrected chi connectivity index (χ2v) is 5.76. The predicted molar refractivity (Wildman–Crippen MR) is 59.3 cm³/mol. The fraction of sp³-hybridized carbons (Fsp3) is 0.500. The molecule has 1 heteroatoms.